The molecule has 20 heavy (non-hydrogen) atoms. The Morgan fingerprint density at radius 1 is 1.55 bits per heavy atom. The van der Waals surface area contributed by atoms with Crippen LogP contribution in [0, 0.1) is 15.5 Å². The summed E-state index contributed by atoms with van der Waals surface area (Å²) in [6.45, 7) is 2.45. The van der Waals surface area contributed by atoms with Gasteiger partial charge in [0.15, 0.2) is 5.00 Å². The van der Waals surface area contributed by atoms with E-state index in [9.17, 15) is 18.5 Å². The fourth-order valence-corrected chi connectivity index (χ4v) is 4.61. The molecule has 0 unspecified atom stereocenters. The Morgan fingerprint density at radius 2 is 2.20 bits per heavy atom. The third-order valence-electron chi connectivity index (χ3n) is 3.55. The summed E-state index contributed by atoms with van der Waals surface area (Å²) in [4.78, 5) is 10.0. The first kappa shape index (κ1) is 15.2. The normalized spacial score (nSPS) is 17.1. The van der Waals surface area contributed by atoms with E-state index in [0.717, 1.165) is 43.1 Å². The smallest absolute Gasteiger partial charge is 0.304 e. The van der Waals surface area contributed by atoms with Crippen LogP contribution < -0.4 is 10.5 Å². The number of nitrogens with zero attached hydrogens (tertiary/aromatic N) is 1. The molecule has 1 aliphatic rings. The van der Waals surface area contributed by atoms with Crippen LogP contribution in [0.4, 0.5) is 10.7 Å². The Kier molecular flexibility index (Phi) is 4.03. The summed E-state index contributed by atoms with van der Waals surface area (Å²) in [5.74, 6) is 0. The van der Waals surface area contributed by atoms with E-state index < -0.39 is 14.9 Å². The molecule has 0 atom stereocenters. The first-order valence-corrected chi connectivity index (χ1v) is 8.63. The van der Waals surface area contributed by atoms with Gasteiger partial charge < -0.3 is 5.73 Å². The highest BCUT2D eigenvalue weighted by atomic mass is 32.2. The fraction of sp³-hybridized carbons (Fsp3) is 0.636. The van der Waals surface area contributed by atoms with Crippen LogP contribution in [0.25, 0.3) is 0 Å². The summed E-state index contributed by atoms with van der Waals surface area (Å²) in [5, 5.41) is 10.6. The molecule has 112 valence electrons. The Hall–Kier alpha value is -1.19. The molecule has 0 spiro atoms. The third-order valence-corrected chi connectivity index (χ3v) is 6.38. The molecule has 1 aromatic heterocycles. The number of sulfonamides is 1. The molecule has 7 nitrogen and oxygen atoms in total. The molecule has 3 N–H and O–H groups in total. The van der Waals surface area contributed by atoms with Crippen LogP contribution in [-0.4, -0.2) is 19.9 Å². The molecule has 1 heterocycles. The molecule has 0 saturated heterocycles. The number of nitrogen functional groups attached to an aromatic ring is 1. The van der Waals surface area contributed by atoms with Gasteiger partial charge in [-0.3, -0.25) is 10.1 Å². The quantitative estimate of drug-likeness (QED) is 0.590. The maximum Gasteiger partial charge on any atom is 0.304 e. The van der Waals surface area contributed by atoms with Gasteiger partial charge in [-0.25, -0.2) is 13.1 Å². The summed E-state index contributed by atoms with van der Waals surface area (Å²) in [6.07, 6.45) is 4.05. The van der Waals surface area contributed by atoms with E-state index >= 15 is 0 Å². The van der Waals surface area contributed by atoms with Crippen LogP contribution in [0.15, 0.2) is 10.3 Å². The predicted molar refractivity (Wildman–Crippen MR) is 77.1 cm³/mol. The van der Waals surface area contributed by atoms with E-state index in [1.54, 1.807) is 0 Å². The number of rotatable bonds is 7. The summed E-state index contributed by atoms with van der Waals surface area (Å²) in [5.41, 5.74) is 5.19. The molecule has 0 amide bonds. The number of hydrogen-bond donors (Lipinski definition) is 2. The van der Waals surface area contributed by atoms with Crippen LogP contribution in [0.2, 0.25) is 0 Å². The van der Waals surface area contributed by atoms with Gasteiger partial charge in [-0.2, -0.15) is 0 Å². The van der Waals surface area contributed by atoms with Gasteiger partial charge in [0.1, 0.15) is 4.21 Å². The Bertz CT molecular complexity index is 620. The predicted octanol–water partition coefficient (Wildman–Crippen LogP) is 2.10. The standard InChI is InChI=1S/C11H17N3O4S2/c1-2-3-11(4-5-11)7-13-20(17,18)9-6-8(14(15)16)10(12)19-9/h6,13H,2-5,7,12H2,1H3. The lowest BCUT2D eigenvalue weighted by Gasteiger charge is -2.14. The average molecular weight is 319 g/mol. The van der Waals surface area contributed by atoms with Gasteiger partial charge >= 0.3 is 5.69 Å². The molecule has 1 saturated carbocycles. The maximum atomic E-state index is 12.1. The van der Waals surface area contributed by atoms with Crippen LogP contribution in [0.5, 0.6) is 0 Å². The summed E-state index contributed by atoms with van der Waals surface area (Å²) in [7, 11) is -3.72. The lowest BCUT2D eigenvalue weighted by Crippen LogP contribution is -2.29. The van der Waals surface area contributed by atoms with E-state index in [2.05, 4.69) is 11.6 Å². The van der Waals surface area contributed by atoms with E-state index in [-0.39, 0.29) is 20.3 Å². The van der Waals surface area contributed by atoms with Crippen LogP contribution in [0.3, 0.4) is 0 Å². The van der Waals surface area contributed by atoms with Crippen molar-refractivity contribution in [1.82, 2.24) is 4.72 Å². The fourth-order valence-electron chi connectivity index (χ4n) is 2.19. The second-order valence-corrected chi connectivity index (χ2v) is 8.22. The Balaban J connectivity index is 2.11. The number of thiophene rings is 1. The van der Waals surface area contributed by atoms with Crippen molar-refractivity contribution < 1.29 is 13.3 Å². The van der Waals surface area contributed by atoms with Crippen molar-refractivity contribution in [2.24, 2.45) is 5.41 Å². The first-order valence-electron chi connectivity index (χ1n) is 6.33. The Labute approximate surface area is 121 Å². The number of nitrogens with one attached hydrogen (secondary N) is 1. The third kappa shape index (κ3) is 3.10. The van der Waals surface area contributed by atoms with Gasteiger partial charge in [0.25, 0.3) is 0 Å². The second-order valence-electron chi connectivity index (χ2n) is 5.15. The molecule has 0 aliphatic heterocycles. The molecule has 1 fully saturated rings. The highest BCUT2D eigenvalue weighted by molar-refractivity contribution is 7.91. The van der Waals surface area contributed by atoms with Gasteiger partial charge in [-0.1, -0.05) is 24.7 Å². The second kappa shape index (κ2) is 5.30. The number of nitrogens with two attached hydrogens (primary N) is 1. The summed E-state index contributed by atoms with van der Waals surface area (Å²) in [6, 6.07) is 1.02. The van der Waals surface area contributed by atoms with E-state index in [0.29, 0.717) is 6.54 Å². The summed E-state index contributed by atoms with van der Waals surface area (Å²) < 4.78 is 26.7. The number of hydrogen-bond acceptors (Lipinski definition) is 6. The maximum absolute atomic E-state index is 12.1. The van der Waals surface area contributed by atoms with Crippen molar-refractivity contribution in [3.63, 3.8) is 0 Å². The van der Waals surface area contributed by atoms with Crippen LogP contribution in [-0.2, 0) is 10.0 Å². The van der Waals surface area contributed by atoms with Crippen molar-refractivity contribution >= 4 is 32.0 Å². The van der Waals surface area contributed by atoms with E-state index in [4.69, 9.17) is 5.73 Å². The molecular formula is C11H17N3O4S2. The number of anilines is 1. The van der Waals surface area contributed by atoms with Crippen LogP contribution >= 0.6 is 11.3 Å². The van der Waals surface area contributed by atoms with E-state index in [1.165, 1.54) is 0 Å². The summed E-state index contributed by atoms with van der Waals surface area (Å²) >= 11 is 0.720. The van der Waals surface area contributed by atoms with Gasteiger partial charge in [0.05, 0.1) is 4.92 Å². The zero-order chi connectivity index (χ0) is 15.0. The molecule has 0 aromatic carbocycles. The minimum atomic E-state index is -3.72. The molecule has 0 radical (unpaired) electrons. The zero-order valence-electron chi connectivity index (χ0n) is 11.1. The van der Waals surface area contributed by atoms with Gasteiger partial charge in [0, 0.05) is 12.6 Å². The minimum Gasteiger partial charge on any atom is -0.385 e. The topological polar surface area (TPSA) is 115 Å². The largest absolute Gasteiger partial charge is 0.385 e. The van der Waals surface area contributed by atoms with Crippen molar-refractivity contribution in [2.45, 2.75) is 36.8 Å². The molecule has 9 heteroatoms. The van der Waals surface area contributed by atoms with Gasteiger partial charge in [-0.05, 0) is 24.7 Å². The molecule has 2 rings (SSSR count). The van der Waals surface area contributed by atoms with Crippen LogP contribution in [0.1, 0.15) is 32.6 Å². The first-order chi connectivity index (χ1) is 9.30. The molecular weight excluding hydrogens is 302 g/mol. The lowest BCUT2D eigenvalue weighted by molar-refractivity contribution is -0.383. The Morgan fingerprint density at radius 3 is 2.65 bits per heavy atom. The SMILES string of the molecule is CCCC1(CNS(=O)(=O)c2cc([N+](=O)[O-])c(N)s2)CC1. The van der Waals surface area contributed by atoms with Crippen molar-refractivity contribution in [3.8, 4) is 0 Å². The van der Waals surface area contributed by atoms with Gasteiger partial charge in [0.2, 0.25) is 10.0 Å². The van der Waals surface area contributed by atoms with Gasteiger partial charge in [-0.15, -0.1) is 0 Å². The lowest BCUT2D eigenvalue weighted by atomic mass is 10.0. The number of nitro groups is 1. The van der Waals surface area contributed by atoms with Crippen molar-refractivity contribution in [1.29, 1.82) is 0 Å². The highest BCUT2D eigenvalue weighted by Gasteiger charge is 2.42. The van der Waals surface area contributed by atoms with Crippen molar-refractivity contribution in [2.75, 3.05) is 12.3 Å². The molecule has 1 aromatic rings. The monoisotopic (exact) mass is 319 g/mol. The van der Waals surface area contributed by atoms with E-state index in [1.807, 2.05) is 0 Å². The van der Waals surface area contributed by atoms with Crippen molar-refractivity contribution in [3.05, 3.63) is 16.2 Å². The zero-order valence-corrected chi connectivity index (χ0v) is 12.7. The molecule has 0 bridgehead atoms. The molecule has 1 aliphatic carbocycles. The highest BCUT2D eigenvalue weighted by Crippen LogP contribution is 2.49. The average Bonchev–Trinajstić information content (AvgIpc) is 3.00. The minimum absolute atomic E-state index is 0.0799.